The Morgan fingerprint density at radius 2 is 2.29 bits per heavy atom. The van der Waals surface area contributed by atoms with Crippen LogP contribution in [0, 0.1) is 6.04 Å². The van der Waals surface area contributed by atoms with Gasteiger partial charge in [0.05, 0.1) is 0 Å². The van der Waals surface area contributed by atoms with Crippen LogP contribution >= 0.6 is 0 Å². The standard InChI is InChI=1S/C5H8NO/c1-3-5(7)4(2)6/h3H,1,6H2,2H3. The van der Waals surface area contributed by atoms with Crippen molar-refractivity contribution in [2.24, 2.45) is 5.73 Å². The van der Waals surface area contributed by atoms with Crippen LogP contribution in [0.15, 0.2) is 12.7 Å². The molecule has 2 heteroatoms. The molecule has 0 bridgehead atoms. The number of rotatable bonds is 2. The molecule has 0 spiro atoms. The number of carbonyl (C=O) groups excluding carboxylic acids is 1. The number of carbonyl (C=O) groups is 1. The molecule has 1 radical (unpaired) electrons. The van der Waals surface area contributed by atoms with E-state index in [0.29, 0.717) is 0 Å². The molecular formula is C5H8NO. The van der Waals surface area contributed by atoms with Crippen molar-refractivity contribution in [2.45, 2.75) is 6.92 Å². The summed E-state index contributed by atoms with van der Waals surface area (Å²) < 4.78 is 0. The highest BCUT2D eigenvalue weighted by Gasteiger charge is 2.00. The Bertz CT molecular complexity index is 86.1. The van der Waals surface area contributed by atoms with E-state index in [-0.39, 0.29) is 11.8 Å². The van der Waals surface area contributed by atoms with Gasteiger partial charge in [-0.05, 0) is 13.0 Å². The summed E-state index contributed by atoms with van der Waals surface area (Å²) in [7, 11) is 0. The van der Waals surface area contributed by atoms with Gasteiger partial charge >= 0.3 is 0 Å². The SMILES string of the molecule is C=CC(=O)[C](C)N. The molecule has 0 rings (SSSR count). The van der Waals surface area contributed by atoms with Crippen molar-refractivity contribution in [1.82, 2.24) is 0 Å². The first kappa shape index (κ1) is 6.37. The highest BCUT2D eigenvalue weighted by Crippen LogP contribution is 1.86. The molecule has 0 aromatic carbocycles. The predicted octanol–water partition coefficient (Wildman–Crippen LogP) is 0.252. The minimum atomic E-state index is -0.194. The third kappa shape index (κ3) is 2.11. The lowest BCUT2D eigenvalue weighted by Crippen LogP contribution is -2.14. The number of hydrogen-bond donors (Lipinski definition) is 1. The zero-order valence-electron chi connectivity index (χ0n) is 4.27. The van der Waals surface area contributed by atoms with E-state index in [1.54, 1.807) is 6.92 Å². The molecule has 0 aromatic rings. The molecule has 2 nitrogen and oxygen atoms in total. The highest BCUT2D eigenvalue weighted by atomic mass is 16.1. The average molecular weight is 98.1 g/mol. The van der Waals surface area contributed by atoms with Crippen molar-refractivity contribution in [1.29, 1.82) is 0 Å². The molecule has 0 atom stereocenters. The van der Waals surface area contributed by atoms with Crippen LogP contribution in [0.25, 0.3) is 0 Å². The molecule has 39 valence electrons. The van der Waals surface area contributed by atoms with Gasteiger partial charge in [0.2, 0.25) is 0 Å². The van der Waals surface area contributed by atoms with E-state index in [1.165, 1.54) is 6.08 Å². The Morgan fingerprint density at radius 3 is 2.29 bits per heavy atom. The molecule has 2 N–H and O–H groups in total. The Kier molecular flexibility index (Phi) is 2.30. The number of ketones is 1. The fourth-order valence-electron chi connectivity index (χ4n) is 0.161. The maximum atomic E-state index is 10.2. The van der Waals surface area contributed by atoms with Crippen molar-refractivity contribution >= 4 is 5.78 Å². The third-order valence-corrected chi connectivity index (χ3v) is 0.574. The van der Waals surface area contributed by atoms with Crippen LogP contribution < -0.4 is 5.73 Å². The summed E-state index contributed by atoms with van der Waals surface area (Å²) >= 11 is 0. The largest absolute Gasteiger partial charge is 0.317 e. The molecule has 0 aliphatic rings. The molecule has 0 saturated heterocycles. The third-order valence-electron chi connectivity index (χ3n) is 0.574. The summed E-state index contributed by atoms with van der Waals surface area (Å²) in [6.45, 7) is 4.78. The fourth-order valence-corrected chi connectivity index (χ4v) is 0.161. The minimum Gasteiger partial charge on any atom is -0.317 e. The molecule has 0 fully saturated rings. The van der Waals surface area contributed by atoms with E-state index in [1.807, 2.05) is 0 Å². The van der Waals surface area contributed by atoms with Gasteiger partial charge in [-0.2, -0.15) is 0 Å². The molecule has 0 heterocycles. The van der Waals surface area contributed by atoms with E-state index in [9.17, 15) is 4.79 Å². The van der Waals surface area contributed by atoms with E-state index >= 15 is 0 Å². The average Bonchev–Trinajstić information content (AvgIpc) is 1.65. The van der Waals surface area contributed by atoms with E-state index in [2.05, 4.69) is 6.58 Å². The molecule has 0 amide bonds. The summed E-state index contributed by atoms with van der Waals surface area (Å²) in [5.74, 6) is -0.194. The van der Waals surface area contributed by atoms with Gasteiger partial charge < -0.3 is 5.73 Å². The van der Waals surface area contributed by atoms with Crippen molar-refractivity contribution in [3.63, 3.8) is 0 Å². The Hall–Kier alpha value is -0.630. The molecule has 7 heavy (non-hydrogen) atoms. The van der Waals surface area contributed by atoms with Gasteiger partial charge in [0.25, 0.3) is 0 Å². The second kappa shape index (κ2) is 2.53. The molecule has 0 unspecified atom stereocenters. The molecular weight excluding hydrogens is 90.1 g/mol. The molecule has 0 aliphatic carbocycles. The number of hydrogen-bond acceptors (Lipinski definition) is 2. The number of nitrogens with two attached hydrogens (primary N) is 1. The molecule has 0 aliphatic heterocycles. The van der Waals surface area contributed by atoms with Gasteiger partial charge in [0.15, 0.2) is 5.78 Å². The van der Waals surface area contributed by atoms with Crippen LogP contribution in [0.3, 0.4) is 0 Å². The Labute approximate surface area is 43.0 Å². The van der Waals surface area contributed by atoms with Crippen LogP contribution in [0.1, 0.15) is 6.92 Å². The van der Waals surface area contributed by atoms with Crippen LogP contribution in [0.4, 0.5) is 0 Å². The van der Waals surface area contributed by atoms with Gasteiger partial charge in [-0.15, -0.1) is 0 Å². The maximum absolute atomic E-state index is 10.2. The molecule has 0 saturated carbocycles. The summed E-state index contributed by atoms with van der Waals surface area (Å²) in [5, 5.41) is 0. The topological polar surface area (TPSA) is 43.1 Å². The first-order chi connectivity index (χ1) is 3.18. The zero-order valence-corrected chi connectivity index (χ0v) is 4.27. The lowest BCUT2D eigenvalue weighted by atomic mass is 10.2. The summed E-state index contributed by atoms with van der Waals surface area (Å²) in [5.41, 5.74) is 5.04. The Morgan fingerprint density at radius 1 is 1.86 bits per heavy atom. The van der Waals surface area contributed by atoms with Gasteiger partial charge in [0, 0.05) is 0 Å². The lowest BCUT2D eigenvalue weighted by Gasteiger charge is -1.91. The second-order valence-electron chi connectivity index (χ2n) is 1.25. The van der Waals surface area contributed by atoms with Crippen LogP contribution in [0.2, 0.25) is 0 Å². The van der Waals surface area contributed by atoms with Crippen molar-refractivity contribution in [2.75, 3.05) is 0 Å². The fraction of sp³-hybridized carbons (Fsp3) is 0.200. The van der Waals surface area contributed by atoms with E-state index in [4.69, 9.17) is 5.73 Å². The predicted molar refractivity (Wildman–Crippen MR) is 28.3 cm³/mol. The van der Waals surface area contributed by atoms with Gasteiger partial charge in [-0.3, -0.25) is 4.79 Å². The normalized spacial score (nSPS) is 9.00. The van der Waals surface area contributed by atoms with Crippen molar-refractivity contribution < 1.29 is 4.79 Å². The minimum absolute atomic E-state index is 0.194. The first-order valence-electron chi connectivity index (χ1n) is 1.94. The lowest BCUT2D eigenvalue weighted by molar-refractivity contribution is -0.112. The summed E-state index contributed by atoms with van der Waals surface area (Å²) in [4.78, 5) is 10.2. The smallest absolute Gasteiger partial charge is 0.176 e. The van der Waals surface area contributed by atoms with Crippen LogP contribution in [-0.2, 0) is 4.79 Å². The van der Waals surface area contributed by atoms with Crippen LogP contribution in [0.5, 0.6) is 0 Å². The maximum Gasteiger partial charge on any atom is 0.176 e. The van der Waals surface area contributed by atoms with E-state index in [0.717, 1.165) is 0 Å². The zero-order chi connectivity index (χ0) is 5.86. The van der Waals surface area contributed by atoms with Gasteiger partial charge in [-0.1, -0.05) is 6.58 Å². The van der Waals surface area contributed by atoms with Gasteiger partial charge in [0.1, 0.15) is 6.04 Å². The second-order valence-corrected chi connectivity index (χ2v) is 1.25. The van der Waals surface area contributed by atoms with Crippen molar-refractivity contribution in [3.8, 4) is 0 Å². The van der Waals surface area contributed by atoms with Crippen LogP contribution in [-0.4, -0.2) is 5.78 Å². The summed E-state index contributed by atoms with van der Waals surface area (Å²) in [6.07, 6.45) is 1.19. The van der Waals surface area contributed by atoms with Crippen molar-refractivity contribution in [3.05, 3.63) is 18.7 Å². The monoisotopic (exact) mass is 98.1 g/mol. The van der Waals surface area contributed by atoms with Gasteiger partial charge in [-0.25, -0.2) is 0 Å². The first-order valence-corrected chi connectivity index (χ1v) is 1.94. The Balaban J connectivity index is 3.56. The van der Waals surface area contributed by atoms with E-state index < -0.39 is 0 Å². The highest BCUT2D eigenvalue weighted by molar-refractivity contribution is 5.99. The molecule has 0 aromatic heterocycles. The summed E-state index contributed by atoms with van der Waals surface area (Å²) in [6, 6.07) is 0.287. The quantitative estimate of drug-likeness (QED) is 0.503.